The summed E-state index contributed by atoms with van der Waals surface area (Å²) < 4.78 is 0. The van der Waals surface area contributed by atoms with Crippen LogP contribution in [0.1, 0.15) is 19.3 Å². The maximum Gasteiger partial charge on any atom is 0.0158 e. The lowest BCUT2D eigenvalue weighted by Gasteiger charge is -2.22. The Hall–Kier alpha value is 0.310. The third-order valence-electron chi connectivity index (χ3n) is 1.78. The second-order valence-corrected chi connectivity index (χ2v) is 3.51. The van der Waals surface area contributed by atoms with Gasteiger partial charge >= 0.3 is 0 Å². The lowest BCUT2D eigenvalue weighted by atomic mass is 10.1. The molecule has 0 saturated carbocycles. The van der Waals surface area contributed by atoms with Gasteiger partial charge in [0.25, 0.3) is 0 Å². The van der Waals surface area contributed by atoms with Gasteiger partial charge < -0.3 is 5.32 Å². The molecule has 1 N–H and O–H groups in total. The van der Waals surface area contributed by atoms with Gasteiger partial charge in [0.05, 0.1) is 0 Å². The molecular weight excluding hydrogens is 130 g/mol. The van der Waals surface area contributed by atoms with Crippen molar-refractivity contribution in [1.82, 2.24) is 5.32 Å². The van der Waals surface area contributed by atoms with Crippen molar-refractivity contribution in [3.05, 3.63) is 0 Å². The molecule has 1 fully saturated rings. The van der Waals surface area contributed by atoms with Crippen LogP contribution >= 0.6 is 11.8 Å². The molecule has 0 amide bonds. The molecule has 0 unspecified atom stereocenters. The lowest BCUT2D eigenvalue weighted by molar-refractivity contribution is 0.430. The van der Waals surface area contributed by atoms with Gasteiger partial charge in [-0.2, -0.15) is 11.8 Å². The maximum atomic E-state index is 3.50. The number of rotatable bonds is 2. The Morgan fingerprint density at radius 3 is 3.00 bits per heavy atom. The molecule has 1 heterocycles. The van der Waals surface area contributed by atoms with Crippen molar-refractivity contribution in [1.29, 1.82) is 0 Å². The smallest absolute Gasteiger partial charge is 0.0158 e. The average Bonchev–Trinajstić information content (AvgIpc) is 1.91. The van der Waals surface area contributed by atoms with Gasteiger partial charge in [0, 0.05) is 11.8 Å². The molecule has 2 heteroatoms. The van der Waals surface area contributed by atoms with E-state index in [4.69, 9.17) is 0 Å². The number of nitrogens with one attached hydrogen (secondary N) is 1. The first-order chi connectivity index (χ1) is 4.43. The van der Waals surface area contributed by atoms with Crippen LogP contribution in [-0.4, -0.2) is 24.6 Å². The van der Waals surface area contributed by atoms with E-state index in [0.29, 0.717) is 0 Å². The summed E-state index contributed by atoms with van der Waals surface area (Å²) in [5.41, 5.74) is 0. The van der Waals surface area contributed by atoms with E-state index >= 15 is 0 Å². The van der Waals surface area contributed by atoms with Crippen molar-refractivity contribution < 1.29 is 0 Å². The summed E-state index contributed by atoms with van der Waals surface area (Å²) in [5.74, 6) is 1.29. The predicted molar refractivity (Wildman–Crippen MR) is 44.0 cm³/mol. The van der Waals surface area contributed by atoms with E-state index in [1.807, 2.05) is 11.8 Å². The first-order valence-electron chi connectivity index (χ1n) is 3.66. The van der Waals surface area contributed by atoms with Crippen LogP contribution in [0, 0.1) is 0 Å². The number of hydrogen-bond donors (Lipinski definition) is 1. The molecule has 0 aromatic carbocycles. The van der Waals surface area contributed by atoms with Gasteiger partial charge in [0.2, 0.25) is 0 Å². The molecule has 0 radical (unpaired) electrons. The second-order valence-electron chi connectivity index (χ2n) is 2.60. The first kappa shape index (κ1) is 7.42. The van der Waals surface area contributed by atoms with E-state index < -0.39 is 0 Å². The predicted octanol–water partition coefficient (Wildman–Crippen LogP) is 1.49. The Labute approximate surface area is 61.6 Å². The molecule has 0 aromatic rings. The summed E-state index contributed by atoms with van der Waals surface area (Å²) in [6.07, 6.45) is 6.38. The quantitative estimate of drug-likeness (QED) is 0.632. The van der Waals surface area contributed by atoms with Crippen LogP contribution in [0.3, 0.4) is 0 Å². The SMILES string of the molecule is CSC[C@@H]1CCCCN1. The average molecular weight is 145 g/mol. The number of piperidine rings is 1. The summed E-state index contributed by atoms with van der Waals surface area (Å²) in [4.78, 5) is 0. The third kappa shape index (κ3) is 2.59. The molecule has 1 saturated heterocycles. The Kier molecular flexibility index (Phi) is 3.44. The van der Waals surface area contributed by atoms with Gasteiger partial charge in [-0.1, -0.05) is 6.42 Å². The van der Waals surface area contributed by atoms with Crippen LogP contribution < -0.4 is 5.32 Å². The Morgan fingerprint density at radius 2 is 2.44 bits per heavy atom. The van der Waals surface area contributed by atoms with Gasteiger partial charge in [-0.3, -0.25) is 0 Å². The van der Waals surface area contributed by atoms with Gasteiger partial charge in [-0.25, -0.2) is 0 Å². The van der Waals surface area contributed by atoms with Crippen molar-refractivity contribution in [3.63, 3.8) is 0 Å². The van der Waals surface area contributed by atoms with Crippen LogP contribution in [0.4, 0.5) is 0 Å². The third-order valence-corrected chi connectivity index (χ3v) is 2.52. The maximum absolute atomic E-state index is 3.50. The molecule has 0 bridgehead atoms. The normalized spacial score (nSPS) is 28.3. The fourth-order valence-corrected chi connectivity index (χ4v) is 1.95. The van der Waals surface area contributed by atoms with Crippen molar-refractivity contribution >= 4 is 11.8 Å². The number of hydrogen-bond acceptors (Lipinski definition) is 2. The van der Waals surface area contributed by atoms with E-state index in [2.05, 4.69) is 11.6 Å². The minimum Gasteiger partial charge on any atom is -0.313 e. The monoisotopic (exact) mass is 145 g/mol. The van der Waals surface area contributed by atoms with Gasteiger partial charge in [0.1, 0.15) is 0 Å². The van der Waals surface area contributed by atoms with Gasteiger partial charge in [0.15, 0.2) is 0 Å². The molecule has 1 aliphatic rings. The Morgan fingerprint density at radius 1 is 1.56 bits per heavy atom. The van der Waals surface area contributed by atoms with E-state index in [9.17, 15) is 0 Å². The van der Waals surface area contributed by atoms with Crippen molar-refractivity contribution in [2.45, 2.75) is 25.3 Å². The zero-order valence-electron chi connectivity index (χ0n) is 6.02. The highest BCUT2D eigenvalue weighted by molar-refractivity contribution is 7.98. The summed E-state index contributed by atoms with van der Waals surface area (Å²) in [5, 5.41) is 3.50. The highest BCUT2D eigenvalue weighted by atomic mass is 32.2. The molecule has 0 spiro atoms. The van der Waals surface area contributed by atoms with Crippen LogP contribution in [0.15, 0.2) is 0 Å². The summed E-state index contributed by atoms with van der Waals surface area (Å²) in [6.45, 7) is 1.24. The van der Waals surface area contributed by atoms with Crippen molar-refractivity contribution in [2.75, 3.05) is 18.6 Å². The lowest BCUT2D eigenvalue weighted by Crippen LogP contribution is -2.35. The fourth-order valence-electron chi connectivity index (χ4n) is 1.27. The minimum absolute atomic E-state index is 0.814. The van der Waals surface area contributed by atoms with E-state index in [0.717, 1.165) is 6.04 Å². The van der Waals surface area contributed by atoms with Crippen LogP contribution in [0.5, 0.6) is 0 Å². The minimum atomic E-state index is 0.814. The largest absolute Gasteiger partial charge is 0.313 e. The highest BCUT2D eigenvalue weighted by Gasteiger charge is 2.10. The van der Waals surface area contributed by atoms with E-state index in [1.54, 1.807) is 0 Å². The molecule has 9 heavy (non-hydrogen) atoms. The number of thioether (sulfide) groups is 1. The van der Waals surface area contributed by atoms with Crippen LogP contribution in [0.25, 0.3) is 0 Å². The summed E-state index contributed by atoms with van der Waals surface area (Å²) in [7, 11) is 0. The highest BCUT2D eigenvalue weighted by Crippen LogP contribution is 2.10. The molecule has 0 aliphatic carbocycles. The second kappa shape index (κ2) is 4.18. The first-order valence-corrected chi connectivity index (χ1v) is 5.05. The molecule has 54 valence electrons. The summed E-state index contributed by atoms with van der Waals surface area (Å²) in [6, 6.07) is 0.814. The molecule has 1 rings (SSSR count). The standard InChI is InChI=1S/C7H15NS/c1-9-6-7-4-2-3-5-8-7/h7-8H,2-6H2,1H3/t7-/m0/s1. The summed E-state index contributed by atoms with van der Waals surface area (Å²) >= 11 is 1.95. The van der Waals surface area contributed by atoms with Gasteiger partial charge in [-0.15, -0.1) is 0 Å². The zero-order chi connectivity index (χ0) is 6.53. The Bertz CT molecular complexity index is 66.6. The molecular formula is C7H15NS. The fraction of sp³-hybridized carbons (Fsp3) is 1.00. The Balaban J connectivity index is 2.08. The topological polar surface area (TPSA) is 12.0 Å². The van der Waals surface area contributed by atoms with Crippen molar-refractivity contribution in [2.24, 2.45) is 0 Å². The van der Waals surface area contributed by atoms with Crippen LogP contribution in [0.2, 0.25) is 0 Å². The van der Waals surface area contributed by atoms with E-state index in [1.165, 1.54) is 31.6 Å². The zero-order valence-corrected chi connectivity index (χ0v) is 6.84. The molecule has 1 aliphatic heterocycles. The molecule has 1 atom stereocenters. The van der Waals surface area contributed by atoms with Crippen molar-refractivity contribution in [3.8, 4) is 0 Å². The van der Waals surface area contributed by atoms with Gasteiger partial charge in [-0.05, 0) is 25.6 Å². The van der Waals surface area contributed by atoms with Crippen LogP contribution in [-0.2, 0) is 0 Å². The van der Waals surface area contributed by atoms with E-state index in [-0.39, 0.29) is 0 Å². The molecule has 0 aromatic heterocycles. The molecule has 1 nitrogen and oxygen atoms in total.